The Balaban J connectivity index is -0.0000000331. The van der Waals surface area contributed by atoms with Gasteiger partial charge >= 0.3 is 0 Å². The summed E-state index contributed by atoms with van der Waals surface area (Å²) in [7, 11) is 0. The molecule has 0 spiro atoms. The minimum atomic E-state index is -1.08. The van der Waals surface area contributed by atoms with Crippen LogP contribution in [-0.2, 0) is 42.5 Å². The van der Waals surface area contributed by atoms with Crippen LogP contribution in [0.15, 0.2) is 0 Å². The molecule has 125 valence electrons. The molecule has 10 nitrogen and oxygen atoms in total. The monoisotopic (exact) mass is 346 g/mol. The summed E-state index contributed by atoms with van der Waals surface area (Å²) in [6.07, 6.45) is 0. The van der Waals surface area contributed by atoms with Crippen LogP contribution in [0.5, 0.6) is 0 Å². The van der Waals surface area contributed by atoms with Crippen LogP contribution in [0.2, 0.25) is 0 Å². The number of carbonyl (C=O) groups is 5. The fourth-order valence-electron chi connectivity index (χ4n) is 0. The van der Waals surface area contributed by atoms with Crippen molar-refractivity contribution in [1.29, 1.82) is 0 Å². The van der Waals surface area contributed by atoms with Crippen LogP contribution >= 0.6 is 0 Å². The van der Waals surface area contributed by atoms with E-state index in [1.165, 1.54) is 0 Å². The van der Waals surface area contributed by atoms with Gasteiger partial charge in [-0.05, 0) is 34.6 Å². The van der Waals surface area contributed by atoms with Crippen molar-refractivity contribution in [2.45, 2.75) is 34.6 Å². The molecule has 0 unspecified atom stereocenters. The van der Waals surface area contributed by atoms with Crippen LogP contribution < -0.4 is 25.5 Å². The molecule has 1 radical (unpaired) electrons. The maximum Gasteiger partial charge on any atom is 0.0383 e. The molecule has 11 heteroatoms. The summed E-state index contributed by atoms with van der Waals surface area (Å²) in [5.41, 5.74) is 0. The van der Waals surface area contributed by atoms with E-state index in [1.54, 1.807) is 0 Å². The predicted octanol–water partition coefficient (Wildman–Crippen LogP) is -6.22. The third-order valence-electron chi connectivity index (χ3n) is 0. The molecule has 0 aliphatic rings. The van der Waals surface area contributed by atoms with Gasteiger partial charge in [-0.2, -0.15) is 0 Å². The summed E-state index contributed by atoms with van der Waals surface area (Å²) >= 11 is 0. The molecule has 0 heterocycles. The molecule has 0 amide bonds. The average Bonchev–Trinajstić information content (AvgIpc) is 1.94. The standard InChI is InChI=1S/5C2H4O2.V/c5*1-2(3)4;/h5*1H3,(H,3,4);/p-5. The first-order valence-corrected chi connectivity index (χ1v) is 4.54. The molecule has 0 saturated carbocycles. The molecular formula is C10H15O10V-5. The summed E-state index contributed by atoms with van der Waals surface area (Å²) in [5.74, 6) is -5.42. The molecular weight excluding hydrogens is 331 g/mol. The molecule has 0 aromatic carbocycles. The van der Waals surface area contributed by atoms with Crippen LogP contribution in [0.4, 0.5) is 0 Å². The Kier molecular flexibility index (Phi) is 53.3. The maximum atomic E-state index is 8.89. The van der Waals surface area contributed by atoms with Crippen molar-refractivity contribution in [3.8, 4) is 0 Å². The van der Waals surface area contributed by atoms with Crippen molar-refractivity contribution in [2.75, 3.05) is 0 Å². The second kappa shape index (κ2) is 30.7. The molecule has 0 rings (SSSR count). The summed E-state index contributed by atoms with van der Waals surface area (Å²) in [5, 5.41) is 44.4. The molecule has 0 aromatic heterocycles. The van der Waals surface area contributed by atoms with Gasteiger partial charge in [0.2, 0.25) is 0 Å². The second-order valence-electron chi connectivity index (χ2n) is 2.46. The van der Waals surface area contributed by atoms with E-state index < -0.39 is 29.8 Å². The Morgan fingerprint density at radius 1 is 0.429 bits per heavy atom. The zero-order valence-electron chi connectivity index (χ0n) is 12.0. The van der Waals surface area contributed by atoms with Gasteiger partial charge in [0.15, 0.2) is 0 Å². The molecule has 21 heavy (non-hydrogen) atoms. The Hall–Kier alpha value is -2.07. The third kappa shape index (κ3) is 1070. The fraction of sp³-hybridized carbons (Fsp3) is 0.500. The van der Waals surface area contributed by atoms with E-state index in [4.69, 9.17) is 49.5 Å². The van der Waals surface area contributed by atoms with Gasteiger partial charge in [-0.3, -0.25) is 0 Å². The minimum Gasteiger partial charge on any atom is -0.550 e. The Morgan fingerprint density at radius 3 is 0.429 bits per heavy atom. The number of aliphatic carboxylic acids is 5. The van der Waals surface area contributed by atoms with Crippen molar-refractivity contribution in [2.24, 2.45) is 0 Å². The fourth-order valence-corrected chi connectivity index (χ4v) is 0. The third-order valence-corrected chi connectivity index (χ3v) is 0. The van der Waals surface area contributed by atoms with Gasteiger partial charge in [0, 0.05) is 48.4 Å². The van der Waals surface area contributed by atoms with Crippen molar-refractivity contribution in [1.82, 2.24) is 0 Å². The van der Waals surface area contributed by atoms with Gasteiger partial charge in [-0.15, -0.1) is 0 Å². The molecule has 0 aliphatic carbocycles. The SMILES string of the molecule is CC(=O)[O-].CC(=O)[O-].CC(=O)[O-].CC(=O)[O-].CC(=O)[O-].[V]. The zero-order valence-corrected chi connectivity index (χ0v) is 13.4. The second-order valence-corrected chi connectivity index (χ2v) is 2.46. The summed E-state index contributed by atoms with van der Waals surface area (Å²) < 4.78 is 0. The average molecular weight is 346 g/mol. The van der Waals surface area contributed by atoms with Gasteiger partial charge in [0.1, 0.15) is 0 Å². The van der Waals surface area contributed by atoms with Crippen LogP contribution in [0.1, 0.15) is 34.6 Å². The molecule has 0 bridgehead atoms. The van der Waals surface area contributed by atoms with Gasteiger partial charge in [-0.25, -0.2) is 0 Å². The normalized spacial score (nSPS) is 5.95. The number of rotatable bonds is 0. The van der Waals surface area contributed by atoms with Gasteiger partial charge < -0.3 is 49.5 Å². The minimum absolute atomic E-state index is 0. The number of carbonyl (C=O) groups excluding carboxylic acids is 5. The number of hydrogen-bond donors (Lipinski definition) is 0. The van der Waals surface area contributed by atoms with E-state index >= 15 is 0 Å². The van der Waals surface area contributed by atoms with E-state index in [-0.39, 0.29) is 18.6 Å². The molecule has 0 N–H and O–H groups in total. The smallest absolute Gasteiger partial charge is 0.0383 e. The first-order chi connectivity index (χ1) is 8.66. The van der Waals surface area contributed by atoms with Crippen LogP contribution in [0.3, 0.4) is 0 Å². The van der Waals surface area contributed by atoms with Crippen LogP contribution in [0, 0.1) is 0 Å². The Bertz CT molecular complexity index is 211. The molecule has 0 atom stereocenters. The summed E-state index contributed by atoms with van der Waals surface area (Å²) in [4.78, 5) is 44.4. The van der Waals surface area contributed by atoms with E-state index in [2.05, 4.69) is 0 Å². The Labute approximate surface area is 133 Å². The van der Waals surface area contributed by atoms with E-state index in [0.29, 0.717) is 0 Å². The van der Waals surface area contributed by atoms with Crippen LogP contribution in [-0.4, -0.2) is 29.8 Å². The Morgan fingerprint density at radius 2 is 0.429 bits per heavy atom. The number of carboxylic acid groups (broad SMARTS) is 5. The summed E-state index contributed by atoms with van der Waals surface area (Å²) in [6.45, 7) is 4.86. The molecule has 0 aliphatic heterocycles. The first kappa shape index (κ1) is 36.4. The van der Waals surface area contributed by atoms with Crippen molar-refractivity contribution in [3.05, 3.63) is 0 Å². The predicted molar refractivity (Wildman–Crippen MR) is 53.4 cm³/mol. The van der Waals surface area contributed by atoms with E-state index in [1.807, 2.05) is 0 Å². The van der Waals surface area contributed by atoms with E-state index in [0.717, 1.165) is 34.6 Å². The maximum absolute atomic E-state index is 8.89. The van der Waals surface area contributed by atoms with Gasteiger partial charge in [-0.1, -0.05) is 0 Å². The molecule has 0 fully saturated rings. The molecule has 0 saturated heterocycles. The van der Waals surface area contributed by atoms with Crippen molar-refractivity contribution < 1.29 is 68.1 Å². The summed E-state index contributed by atoms with van der Waals surface area (Å²) in [6, 6.07) is 0. The largest absolute Gasteiger partial charge is 0.550 e. The topological polar surface area (TPSA) is 201 Å². The van der Waals surface area contributed by atoms with Gasteiger partial charge in [0.05, 0.1) is 0 Å². The van der Waals surface area contributed by atoms with Gasteiger partial charge in [0.25, 0.3) is 0 Å². The first-order valence-electron chi connectivity index (χ1n) is 4.54. The number of carboxylic acids is 5. The number of hydrogen-bond acceptors (Lipinski definition) is 10. The van der Waals surface area contributed by atoms with Crippen molar-refractivity contribution in [3.63, 3.8) is 0 Å². The van der Waals surface area contributed by atoms with Crippen molar-refractivity contribution >= 4 is 29.8 Å². The molecule has 0 aromatic rings. The quantitative estimate of drug-likeness (QED) is 0.406. The van der Waals surface area contributed by atoms with Crippen LogP contribution in [0.25, 0.3) is 0 Å². The zero-order chi connectivity index (χ0) is 17.9. The van der Waals surface area contributed by atoms with E-state index in [9.17, 15) is 0 Å².